The SMILES string of the molecule is CCOc1cc2c(cc1NC(=O)NCCCCN(C)C(C)C)OC(C)C2. The number of urea groups is 1. The molecule has 1 heterocycles. The van der Waals surface area contributed by atoms with Gasteiger partial charge < -0.3 is 25.0 Å². The molecule has 0 saturated heterocycles. The lowest BCUT2D eigenvalue weighted by atomic mass is 10.1. The van der Waals surface area contributed by atoms with Gasteiger partial charge in [-0.3, -0.25) is 0 Å². The summed E-state index contributed by atoms with van der Waals surface area (Å²) in [6.45, 7) is 10.6. The molecule has 2 N–H and O–H groups in total. The van der Waals surface area contributed by atoms with Crippen molar-refractivity contribution in [3.8, 4) is 11.5 Å². The van der Waals surface area contributed by atoms with Crippen LogP contribution < -0.4 is 20.1 Å². The fourth-order valence-corrected chi connectivity index (χ4v) is 2.92. The van der Waals surface area contributed by atoms with Crippen LogP contribution in [0.25, 0.3) is 0 Å². The summed E-state index contributed by atoms with van der Waals surface area (Å²) in [7, 11) is 2.12. The molecule has 1 unspecified atom stereocenters. The number of ether oxygens (including phenoxy) is 2. The Labute approximate surface area is 157 Å². The van der Waals surface area contributed by atoms with E-state index < -0.39 is 0 Å². The molecule has 1 aromatic carbocycles. The maximum Gasteiger partial charge on any atom is 0.319 e. The highest BCUT2D eigenvalue weighted by atomic mass is 16.5. The summed E-state index contributed by atoms with van der Waals surface area (Å²) in [5.74, 6) is 1.52. The van der Waals surface area contributed by atoms with E-state index in [0.29, 0.717) is 30.6 Å². The lowest BCUT2D eigenvalue weighted by molar-refractivity contribution is 0.249. The average Bonchev–Trinajstić information content (AvgIpc) is 2.93. The first-order chi connectivity index (χ1) is 12.4. The van der Waals surface area contributed by atoms with Crippen molar-refractivity contribution in [1.82, 2.24) is 10.2 Å². The van der Waals surface area contributed by atoms with Crippen LogP contribution in [-0.4, -0.2) is 49.8 Å². The fraction of sp³-hybridized carbons (Fsp3) is 0.650. The Kier molecular flexibility index (Phi) is 7.57. The van der Waals surface area contributed by atoms with Crippen LogP contribution in [0.4, 0.5) is 10.5 Å². The van der Waals surface area contributed by atoms with Crippen molar-refractivity contribution in [1.29, 1.82) is 0 Å². The van der Waals surface area contributed by atoms with Crippen LogP contribution in [0.3, 0.4) is 0 Å². The minimum atomic E-state index is -0.214. The number of nitrogens with one attached hydrogen (secondary N) is 2. The molecule has 1 atom stereocenters. The van der Waals surface area contributed by atoms with Crippen molar-refractivity contribution in [2.45, 2.75) is 59.1 Å². The Balaban J connectivity index is 1.83. The van der Waals surface area contributed by atoms with Gasteiger partial charge in [-0.1, -0.05) is 0 Å². The van der Waals surface area contributed by atoms with E-state index in [2.05, 4.69) is 36.4 Å². The third-order valence-corrected chi connectivity index (χ3v) is 4.65. The third-order valence-electron chi connectivity index (χ3n) is 4.65. The zero-order valence-corrected chi connectivity index (χ0v) is 16.7. The van der Waals surface area contributed by atoms with Gasteiger partial charge >= 0.3 is 6.03 Å². The van der Waals surface area contributed by atoms with E-state index in [0.717, 1.165) is 37.1 Å². The quantitative estimate of drug-likeness (QED) is 0.658. The maximum absolute atomic E-state index is 12.2. The van der Waals surface area contributed by atoms with Gasteiger partial charge in [0.15, 0.2) is 0 Å². The van der Waals surface area contributed by atoms with Crippen LogP contribution in [0.2, 0.25) is 0 Å². The number of hydrogen-bond acceptors (Lipinski definition) is 4. The maximum atomic E-state index is 12.2. The molecule has 146 valence electrons. The van der Waals surface area contributed by atoms with Gasteiger partial charge in [-0.25, -0.2) is 4.79 Å². The van der Waals surface area contributed by atoms with Crippen LogP contribution in [0, 0.1) is 0 Å². The van der Waals surface area contributed by atoms with Crippen molar-refractivity contribution >= 4 is 11.7 Å². The highest BCUT2D eigenvalue weighted by Gasteiger charge is 2.22. The second-order valence-electron chi connectivity index (χ2n) is 7.18. The van der Waals surface area contributed by atoms with Crippen molar-refractivity contribution in [3.63, 3.8) is 0 Å². The van der Waals surface area contributed by atoms with Crippen LogP contribution >= 0.6 is 0 Å². The number of amides is 2. The molecule has 2 amide bonds. The summed E-state index contributed by atoms with van der Waals surface area (Å²) < 4.78 is 11.5. The molecule has 0 bridgehead atoms. The minimum absolute atomic E-state index is 0.160. The van der Waals surface area contributed by atoms with E-state index in [9.17, 15) is 4.79 Å². The van der Waals surface area contributed by atoms with Crippen LogP contribution in [0.5, 0.6) is 11.5 Å². The first kappa shape index (κ1) is 20.4. The molecular weight excluding hydrogens is 330 g/mol. The highest BCUT2D eigenvalue weighted by molar-refractivity contribution is 5.91. The lowest BCUT2D eigenvalue weighted by Crippen LogP contribution is -2.31. The predicted octanol–water partition coefficient (Wildman–Crippen LogP) is 3.65. The number of fused-ring (bicyclic) bond motifs is 1. The standard InChI is InChI=1S/C20H33N3O3/c1-6-25-19-12-16-11-15(4)26-18(16)13-17(19)22-20(24)21-9-7-8-10-23(5)14(2)3/h12-15H,6-11H2,1-5H3,(H2,21,22,24). The van der Waals surface area contributed by atoms with Crippen molar-refractivity contribution in [2.24, 2.45) is 0 Å². The molecule has 0 fully saturated rings. The molecule has 6 nitrogen and oxygen atoms in total. The van der Waals surface area contributed by atoms with Crippen molar-refractivity contribution < 1.29 is 14.3 Å². The lowest BCUT2D eigenvalue weighted by Gasteiger charge is -2.20. The summed E-state index contributed by atoms with van der Waals surface area (Å²) >= 11 is 0. The smallest absolute Gasteiger partial charge is 0.319 e. The zero-order valence-electron chi connectivity index (χ0n) is 16.7. The molecule has 26 heavy (non-hydrogen) atoms. The van der Waals surface area contributed by atoms with Crippen LogP contribution in [0.1, 0.15) is 46.1 Å². The van der Waals surface area contributed by atoms with E-state index >= 15 is 0 Å². The van der Waals surface area contributed by atoms with Crippen LogP contribution in [0.15, 0.2) is 12.1 Å². The summed E-state index contributed by atoms with van der Waals surface area (Å²) in [5.41, 5.74) is 1.78. The Bertz CT molecular complexity index is 604. The number of unbranched alkanes of at least 4 members (excludes halogenated alkanes) is 1. The number of anilines is 1. The van der Waals surface area contributed by atoms with Gasteiger partial charge in [-0.05, 0) is 60.2 Å². The van der Waals surface area contributed by atoms with E-state index in [1.54, 1.807) is 0 Å². The summed E-state index contributed by atoms with van der Waals surface area (Å²) in [4.78, 5) is 14.5. The number of hydrogen-bond donors (Lipinski definition) is 2. The Morgan fingerprint density at radius 1 is 1.38 bits per heavy atom. The van der Waals surface area contributed by atoms with Gasteiger partial charge in [0.2, 0.25) is 0 Å². The van der Waals surface area contributed by atoms with Gasteiger partial charge in [-0.15, -0.1) is 0 Å². The first-order valence-electron chi connectivity index (χ1n) is 9.62. The van der Waals surface area contributed by atoms with Gasteiger partial charge in [0, 0.05) is 30.6 Å². The molecule has 0 aromatic heterocycles. The highest BCUT2D eigenvalue weighted by Crippen LogP contribution is 2.37. The largest absolute Gasteiger partial charge is 0.492 e. The second-order valence-corrected chi connectivity index (χ2v) is 7.18. The molecular formula is C20H33N3O3. The van der Waals surface area contributed by atoms with E-state index in [-0.39, 0.29) is 12.1 Å². The number of nitrogens with zero attached hydrogens (tertiary/aromatic N) is 1. The molecule has 6 heteroatoms. The topological polar surface area (TPSA) is 62.8 Å². The molecule has 0 saturated carbocycles. The molecule has 1 aliphatic rings. The van der Waals surface area contributed by atoms with Gasteiger partial charge in [-0.2, -0.15) is 0 Å². The molecule has 2 rings (SSSR count). The fourth-order valence-electron chi connectivity index (χ4n) is 2.92. The van der Waals surface area contributed by atoms with E-state index in [1.807, 2.05) is 26.0 Å². The second kappa shape index (κ2) is 9.67. The number of carbonyl (C=O) groups excluding carboxylic acids is 1. The Morgan fingerprint density at radius 3 is 2.85 bits per heavy atom. The van der Waals surface area contributed by atoms with Crippen molar-refractivity contribution in [2.75, 3.05) is 32.1 Å². The molecule has 0 radical (unpaired) electrons. The number of rotatable bonds is 9. The summed E-state index contributed by atoms with van der Waals surface area (Å²) in [6, 6.07) is 4.17. The van der Waals surface area contributed by atoms with Gasteiger partial charge in [0.25, 0.3) is 0 Å². The molecule has 1 aliphatic heterocycles. The monoisotopic (exact) mass is 363 g/mol. The minimum Gasteiger partial charge on any atom is -0.492 e. The Hall–Kier alpha value is -1.95. The molecule has 1 aromatic rings. The van der Waals surface area contributed by atoms with E-state index in [4.69, 9.17) is 9.47 Å². The summed E-state index contributed by atoms with van der Waals surface area (Å²) in [6.07, 6.45) is 3.04. The normalized spacial score (nSPS) is 15.7. The predicted molar refractivity (Wildman–Crippen MR) is 105 cm³/mol. The molecule has 0 spiro atoms. The summed E-state index contributed by atoms with van der Waals surface area (Å²) in [5, 5.41) is 5.81. The van der Waals surface area contributed by atoms with Gasteiger partial charge in [0.1, 0.15) is 17.6 Å². The number of benzene rings is 1. The third kappa shape index (κ3) is 5.80. The average molecular weight is 364 g/mol. The zero-order chi connectivity index (χ0) is 19.1. The van der Waals surface area contributed by atoms with Crippen molar-refractivity contribution in [3.05, 3.63) is 17.7 Å². The Morgan fingerprint density at radius 2 is 2.15 bits per heavy atom. The first-order valence-corrected chi connectivity index (χ1v) is 9.62. The number of carbonyl (C=O) groups is 1. The molecule has 0 aliphatic carbocycles. The van der Waals surface area contributed by atoms with Crippen LogP contribution in [-0.2, 0) is 6.42 Å². The van der Waals surface area contributed by atoms with E-state index in [1.165, 1.54) is 0 Å². The van der Waals surface area contributed by atoms with Gasteiger partial charge in [0.05, 0.1) is 12.3 Å².